The first-order valence-electron chi connectivity index (χ1n) is 10.1. The van der Waals surface area contributed by atoms with Gasteiger partial charge in [0.25, 0.3) is 0 Å². The van der Waals surface area contributed by atoms with E-state index in [-0.39, 0.29) is 22.1 Å². The number of benzene rings is 3. The number of carbonyl (C=O) groups excluding carboxylic acids is 2. The molecule has 1 atom stereocenters. The second-order valence-corrected chi connectivity index (χ2v) is 9.34. The summed E-state index contributed by atoms with van der Waals surface area (Å²) in [5.41, 5.74) is 1.45. The highest BCUT2D eigenvalue weighted by molar-refractivity contribution is 7.89. The van der Waals surface area contributed by atoms with E-state index in [1.165, 1.54) is 56.7 Å². The molecule has 0 radical (unpaired) electrons. The van der Waals surface area contributed by atoms with E-state index in [1.807, 2.05) is 6.07 Å². The number of rotatable bonds is 9. The first-order chi connectivity index (χ1) is 16.2. The molecule has 34 heavy (non-hydrogen) atoms. The number of esters is 1. The largest absolute Gasteiger partial charge is 0.495 e. The summed E-state index contributed by atoms with van der Waals surface area (Å²) in [6.45, 7) is 0. The molecule has 3 aromatic rings. The summed E-state index contributed by atoms with van der Waals surface area (Å²) in [7, 11) is -1.57. The van der Waals surface area contributed by atoms with Gasteiger partial charge >= 0.3 is 5.97 Å². The minimum Gasteiger partial charge on any atom is -0.495 e. The first kappa shape index (κ1) is 25.2. The Morgan fingerprint density at radius 1 is 0.971 bits per heavy atom. The van der Waals surface area contributed by atoms with Crippen LogP contribution in [0.1, 0.15) is 15.9 Å². The van der Waals surface area contributed by atoms with Gasteiger partial charge in [-0.2, -0.15) is 4.72 Å². The number of hydrogen-bond acceptors (Lipinski definition) is 6. The average molecular weight is 503 g/mol. The molecule has 3 aromatic carbocycles. The zero-order valence-corrected chi connectivity index (χ0v) is 20.0. The van der Waals surface area contributed by atoms with Crippen LogP contribution in [0.4, 0.5) is 5.69 Å². The number of amides is 1. The van der Waals surface area contributed by atoms with Crippen molar-refractivity contribution in [2.45, 2.75) is 17.4 Å². The van der Waals surface area contributed by atoms with Crippen LogP contribution in [0.15, 0.2) is 77.7 Å². The summed E-state index contributed by atoms with van der Waals surface area (Å²) < 4.78 is 38.7. The van der Waals surface area contributed by atoms with Gasteiger partial charge in [0.1, 0.15) is 16.7 Å². The van der Waals surface area contributed by atoms with Gasteiger partial charge in [-0.3, -0.25) is 4.79 Å². The van der Waals surface area contributed by atoms with E-state index in [4.69, 9.17) is 16.3 Å². The van der Waals surface area contributed by atoms with Crippen LogP contribution in [0.2, 0.25) is 5.02 Å². The van der Waals surface area contributed by atoms with Crippen LogP contribution in [0.3, 0.4) is 0 Å². The van der Waals surface area contributed by atoms with Crippen LogP contribution in [0.5, 0.6) is 5.75 Å². The maximum Gasteiger partial charge on any atom is 0.337 e. The van der Waals surface area contributed by atoms with Gasteiger partial charge in [-0.15, -0.1) is 0 Å². The van der Waals surface area contributed by atoms with E-state index < -0.39 is 27.9 Å². The number of halogens is 1. The quantitative estimate of drug-likeness (QED) is 0.432. The van der Waals surface area contributed by atoms with E-state index in [0.717, 1.165) is 5.56 Å². The fourth-order valence-corrected chi connectivity index (χ4v) is 4.81. The summed E-state index contributed by atoms with van der Waals surface area (Å²) in [5.74, 6) is -1.00. The Bertz CT molecular complexity index is 1260. The maximum absolute atomic E-state index is 13.2. The van der Waals surface area contributed by atoms with Gasteiger partial charge in [-0.1, -0.05) is 41.9 Å². The van der Waals surface area contributed by atoms with E-state index >= 15 is 0 Å². The second kappa shape index (κ2) is 11.1. The third kappa shape index (κ3) is 6.34. The Morgan fingerprint density at radius 3 is 2.26 bits per heavy atom. The average Bonchev–Trinajstić information content (AvgIpc) is 2.84. The fraction of sp³-hybridized carbons (Fsp3) is 0.167. The number of anilines is 1. The normalized spacial score (nSPS) is 12.0. The molecule has 0 saturated carbocycles. The van der Waals surface area contributed by atoms with Gasteiger partial charge in [0.15, 0.2) is 0 Å². The van der Waals surface area contributed by atoms with Crippen molar-refractivity contribution >= 4 is 39.2 Å². The highest BCUT2D eigenvalue weighted by Crippen LogP contribution is 2.27. The number of sulfonamides is 1. The lowest BCUT2D eigenvalue weighted by molar-refractivity contribution is -0.117. The molecule has 0 saturated heterocycles. The molecule has 8 nitrogen and oxygen atoms in total. The summed E-state index contributed by atoms with van der Waals surface area (Å²) >= 11 is 6.00. The molecule has 1 amide bonds. The van der Waals surface area contributed by atoms with Crippen molar-refractivity contribution < 1.29 is 27.5 Å². The Hall–Kier alpha value is -3.40. The Kier molecular flexibility index (Phi) is 8.27. The van der Waals surface area contributed by atoms with Gasteiger partial charge in [-0.25, -0.2) is 13.2 Å². The highest BCUT2D eigenvalue weighted by atomic mass is 35.5. The van der Waals surface area contributed by atoms with Crippen LogP contribution >= 0.6 is 11.6 Å². The predicted molar refractivity (Wildman–Crippen MR) is 129 cm³/mol. The van der Waals surface area contributed by atoms with Gasteiger partial charge in [-0.05, 0) is 54.4 Å². The van der Waals surface area contributed by atoms with Crippen LogP contribution in [0, 0.1) is 0 Å². The SMILES string of the molecule is COC(=O)c1ccc(NC(=O)[C@@H](Cc2ccccc2)NS(=O)(=O)c2cc(Cl)ccc2OC)cc1. The molecule has 10 heteroatoms. The monoisotopic (exact) mass is 502 g/mol. The highest BCUT2D eigenvalue weighted by Gasteiger charge is 2.28. The molecule has 0 aromatic heterocycles. The second-order valence-electron chi connectivity index (χ2n) is 7.22. The van der Waals surface area contributed by atoms with Crippen molar-refractivity contribution in [2.24, 2.45) is 0 Å². The Morgan fingerprint density at radius 2 is 1.65 bits per heavy atom. The topological polar surface area (TPSA) is 111 Å². The van der Waals surface area contributed by atoms with Crippen molar-refractivity contribution in [3.05, 3.63) is 88.9 Å². The standard InChI is InChI=1S/C24H23ClN2O6S/c1-32-21-13-10-18(25)15-22(21)34(30,31)27-20(14-16-6-4-3-5-7-16)23(28)26-19-11-8-17(9-12-19)24(29)33-2/h3-13,15,20,27H,14H2,1-2H3,(H,26,28)/t20-/m1/s1. The maximum atomic E-state index is 13.2. The minimum atomic E-state index is -4.18. The molecule has 0 aliphatic rings. The van der Waals surface area contributed by atoms with Gasteiger partial charge in [0, 0.05) is 10.7 Å². The van der Waals surface area contributed by atoms with Crippen molar-refractivity contribution in [1.82, 2.24) is 4.72 Å². The minimum absolute atomic E-state index is 0.0918. The zero-order valence-electron chi connectivity index (χ0n) is 18.4. The molecule has 0 heterocycles. The third-order valence-electron chi connectivity index (χ3n) is 4.89. The third-order valence-corrected chi connectivity index (χ3v) is 6.61. The number of nitrogens with one attached hydrogen (secondary N) is 2. The fourth-order valence-electron chi connectivity index (χ4n) is 3.19. The lowest BCUT2D eigenvalue weighted by atomic mass is 10.1. The number of ether oxygens (including phenoxy) is 2. The summed E-state index contributed by atoms with van der Waals surface area (Å²) in [6.07, 6.45) is 0.0923. The zero-order chi connectivity index (χ0) is 24.7. The van der Waals surface area contributed by atoms with E-state index in [9.17, 15) is 18.0 Å². The van der Waals surface area contributed by atoms with Crippen molar-refractivity contribution in [3.8, 4) is 5.75 Å². The van der Waals surface area contributed by atoms with E-state index in [1.54, 1.807) is 24.3 Å². The van der Waals surface area contributed by atoms with Crippen molar-refractivity contribution in [3.63, 3.8) is 0 Å². The molecular formula is C24H23ClN2O6S. The molecule has 0 spiro atoms. The number of carbonyl (C=O) groups is 2. The molecule has 2 N–H and O–H groups in total. The molecule has 0 aliphatic heterocycles. The van der Waals surface area contributed by atoms with E-state index in [0.29, 0.717) is 11.3 Å². The first-order valence-corrected chi connectivity index (χ1v) is 12.0. The van der Waals surface area contributed by atoms with Crippen molar-refractivity contribution in [2.75, 3.05) is 19.5 Å². The Balaban J connectivity index is 1.88. The predicted octanol–water partition coefficient (Wildman–Crippen LogP) is 3.66. The molecule has 178 valence electrons. The molecular weight excluding hydrogens is 480 g/mol. The number of hydrogen-bond donors (Lipinski definition) is 2. The summed E-state index contributed by atoms with van der Waals surface area (Å²) in [6, 6.07) is 18.1. The Labute approximate surface area is 202 Å². The molecule has 0 bridgehead atoms. The summed E-state index contributed by atoms with van der Waals surface area (Å²) in [5, 5.41) is 2.89. The molecule has 0 aliphatic carbocycles. The molecule has 0 fully saturated rings. The van der Waals surface area contributed by atoms with Gasteiger partial charge in [0.05, 0.1) is 19.8 Å². The van der Waals surface area contributed by atoms with Crippen LogP contribution in [-0.4, -0.2) is 40.6 Å². The summed E-state index contributed by atoms with van der Waals surface area (Å²) in [4.78, 5) is 24.6. The van der Waals surface area contributed by atoms with Gasteiger partial charge < -0.3 is 14.8 Å². The van der Waals surface area contributed by atoms with Gasteiger partial charge in [0.2, 0.25) is 15.9 Å². The van der Waals surface area contributed by atoms with Crippen molar-refractivity contribution in [1.29, 1.82) is 0 Å². The van der Waals surface area contributed by atoms with E-state index in [2.05, 4.69) is 14.8 Å². The van der Waals surface area contributed by atoms with Crippen LogP contribution in [-0.2, 0) is 26.0 Å². The lowest BCUT2D eigenvalue weighted by Crippen LogP contribution is -2.45. The number of methoxy groups -OCH3 is 2. The van der Waals surface area contributed by atoms with Crippen LogP contribution < -0.4 is 14.8 Å². The smallest absolute Gasteiger partial charge is 0.337 e. The lowest BCUT2D eigenvalue weighted by Gasteiger charge is -2.20. The molecule has 0 unspecified atom stereocenters. The van der Waals surface area contributed by atoms with Crippen LogP contribution in [0.25, 0.3) is 0 Å². The molecule has 3 rings (SSSR count).